The van der Waals surface area contributed by atoms with Crippen LogP contribution in [-0.2, 0) is 6.42 Å². The number of hydrogen-bond acceptors (Lipinski definition) is 5. The summed E-state index contributed by atoms with van der Waals surface area (Å²) in [7, 11) is 4.32. The van der Waals surface area contributed by atoms with Gasteiger partial charge in [-0.25, -0.2) is 0 Å². The minimum Gasteiger partial charge on any atom is -0.408 e. The highest BCUT2D eigenvalue weighted by molar-refractivity contribution is 5.24. The minimum atomic E-state index is 0.674. The van der Waals surface area contributed by atoms with E-state index in [0.717, 1.165) is 31.8 Å². The monoisotopic (exact) mass is 252 g/mol. The van der Waals surface area contributed by atoms with E-state index < -0.39 is 0 Å². The summed E-state index contributed by atoms with van der Waals surface area (Å²) < 4.78 is 5.70. The second-order valence-corrected chi connectivity index (χ2v) is 5.26. The van der Waals surface area contributed by atoms with E-state index in [0.29, 0.717) is 12.1 Å². The van der Waals surface area contributed by atoms with Crippen LogP contribution in [0.2, 0.25) is 0 Å². The van der Waals surface area contributed by atoms with Gasteiger partial charge in [-0.2, -0.15) is 0 Å². The van der Waals surface area contributed by atoms with Crippen molar-refractivity contribution >= 4 is 6.01 Å². The van der Waals surface area contributed by atoms with Crippen LogP contribution in [0.25, 0.3) is 0 Å². The maximum atomic E-state index is 5.70. The van der Waals surface area contributed by atoms with Crippen LogP contribution in [0.1, 0.15) is 38.5 Å². The van der Waals surface area contributed by atoms with Gasteiger partial charge in [-0.1, -0.05) is 12.0 Å². The van der Waals surface area contributed by atoms with E-state index in [1.54, 1.807) is 0 Å². The first-order valence-corrected chi connectivity index (χ1v) is 6.94. The molecule has 18 heavy (non-hydrogen) atoms. The van der Waals surface area contributed by atoms with Crippen LogP contribution in [0, 0.1) is 0 Å². The van der Waals surface area contributed by atoms with E-state index in [-0.39, 0.29) is 0 Å². The second kappa shape index (κ2) is 6.18. The molecule has 0 aliphatic carbocycles. The third-order valence-electron chi connectivity index (χ3n) is 3.62. The van der Waals surface area contributed by atoms with E-state index in [4.69, 9.17) is 4.42 Å². The molecule has 1 aliphatic heterocycles. The van der Waals surface area contributed by atoms with E-state index in [9.17, 15) is 0 Å². The van der Waals surface area contributed by atoms with Crippen molar-refractivity contribution in [1.29, 1.82) is 0 Å². The van der Waals surface area contributed by atoms with Crippen LogP contribution in [0.5, 0.6) is 0 Å². The predicted molar refractivity (Wildman–Crippen MR) is 71.8 cm³/mol. The summed E-state index contributed by atoms with van der Waals surface area (Å²) in [5.41, 5.74) is 0. The van der Waals surface area contributed by atoms with Gasteiger partial charge in [-0.15, -0.1) is 5.10 Å². The standard InChI is InChI=1S/C13H24N4O/c1-4-6-12-14-15-13(18-12)17-9-5-7-11(8-10-17)16(2)3/h11H,4-10H2,1-3H3/t11-/m1/s1. The summed E-state index contributed by atoms with van der Waals surface area (Å²) in [6.07, 6.45) is 5.53. The van der Waals surface area contributed by atoms with Gasteiger partial charge in [0.2, 0.25) is 5.89 Å². The Balaban J connectivity index is 1.96. The Bertz CT molecular complexity index is 364. The summed E-state index contributed by atoms with van der Waals surface area (Å²) >= 11 is 0. The first kappa shape index (κ1) is 13.3. The minimum absolute atomic E-state index is 0.674. The van der Waals surface area contributed by atoms with Gasteiger partial charge in [0.05, 0.1) is 0 Å². The van der Waals surface area contributed by atoms with Gasteiger partial charge >= 0.3 is 6.01 Å². The molecule has 0 N–H and O–H groups in total. The largest absolute Gasteiger partial charge is 0.408 e. The highest BCUT2D eigenvalue weighted by Gasteiger charge is 2.21. The van der Waals surface area contributed by atoms with Gasteiger partial charge in [-0.05, 0) is 39.8 Å². The molecule has 0 bridgehead atoms. The molecule has 0 unspecified atom stereocenters. The molecule has 0 spiro atoms. The first-order chi connectivity index (χ1) is 8.70. The lowest BCUT2D eigenvalue weighted by molar-refractivity contribution is 0.272. The van der Waals surface area contributed by atoms with Crippen molar-refractivity contribution in [1.82, 2.24) is 15.1 Å². The zero-order chi connectivity index (χ0) is 13.0. The number of aryl methyl sites for hydroxylation is 1. The van der Waals surface area contributed by atoms with Gasteiger partial charge < -0.3 is 14.2 Å². The van der Waals surface area contributed by atoms with E-state index in [1.807, 2.05) is 0 Å². The highest BCUT2D eigenvalue weighted by atomic mass is 16.4. The van der Waals surface area contributed by atoms with Crippen molar-refractivity contribution in [2.45, 2.75) is 45.1 Å². The molecule has 0 aromatic carbocycles. The number of nitrogens with zero attached hydrogens (tertiary/aromatic N) is 4. The summed E-state index contributed by atoms with van der Waals surface area (Å²) in [5, 5.41) is 8.26. The number of anilines is 1. The average Bonchev–Trinajstić information content (AvgIpc) is 2.65. The molecule has 0 saturated carbocycles. The Kier molecular flexibility index (Phi) is 4.58. The lowest BCUT2D eigenvalue weighted by Gasteiger charge is -2.22. The van der Waals surface area contributed by atoms with Crippen molar-refractivity contribution < 1.29 is 4.42 Å². The number of aromatic nitrogens is 2. The van der Waals surface area contributed by atoms with Gasteiger partial charge in [0.1, 0.15) is 0 Å². The third-order valence-corrected chi connectivity index (χ3v) is 3.62. The fourth-order valence-corrected chi connectivity index (χ4v) is 2.47. The van der Waals surface area contributed by atoms with Crippen LogP contribution >= 0.6 is 0 Å². The SMILES string of the molecule is CCCc1nnc(N2CCC[C@@H](N(C)C)CC2)o1. The average molecular weight is 252 g/mol. The Morgan fingerprint density at radius 2 is 2.11 bits per heavy atom. The van der Waals surface area contributed by atoms with Crippen LogP contribution in [0.15, 0.2) is 4.42 Å². The van der Waals surface area contributed by atoms with Crippen molar-refractivity contribution in [3.8, 4) is 0 Å². The lowest BCUT2D eigenvalue weighted by atomic mass is 10.1. The van der Waals surface area contributed by atoms with E-state index in [2.05, 4.69) is 41.0 Å². The molecule has 5 nitrogen and oxygen atoms in total. The summed E-state index contributed by atoms with van der Waals surface area (Å²) in [6, 6.07) is 1.38. The van der Waals surface area contributed by atoms with Crippen LogP contribution in [0.3, 0.4) is 0 Å². The second-order valence-electron chi connectivity index (χ2n) is 5.26. The molecule has 2 heterocycles. The molecular weight excluding hydrogens is 228 g/mol. The van der Waals surface area contributed by atoms with Crippen LogP contribution < -0.4 is 4.90 Å². The van der Waals surface area contributed by atoms with Crippen molar-refractivity contribution in [3.05, 3.63) is 5.89 Å². The smallest absolute Gasteiger partial charge is 0.318 e. The zero-order valence-electron chi connectivity index (χ0n) is 11.7. The van der Waals surface area contributed by atoms with Gasteiger partial charge in [-0.3, -0.25) is 0 Å². The molecule has 0 amide bonds. The molecule has 1 aromatic heterocycles. The van der Waals surface area contributed by atoms with Crippen LogP contribution in [-0.4, -0.2) is 48.3 Å². The van der Waals surface area contributed by atoms with Crippen molar-refractivity contribution in [3.63, 3.8) is 0 Å². The highest BCUT2D eigenvalue weighted by Crippen LogP contribution is 2.20. The molecule has 1 aromatic rings. The maximum Gasteiger partial charge on any atom is 0.318 e. The normalized spacial score (nSPS) is 21.3. The number of rotatable bonds is 4. The van der Waals surface area contributed by atoms with Crippen LogP contribution in [0.4, 0.5) is 6.01 Å². The van der Waals surface area contributed by atoms with E-state index in [1.165, 1.54) is 19.3 Å². The predicted octanol–water partition coefficient (Wildman–Crippen LogP) is 1.94. The van der Waals surface area contributed by atoms with Crippen molar-refractivity contribution in [2.24, 2.45) is 0 Å². The molecule has 1 aliphatic rings. The molecule has 1 fully saturated rings. The first-order valence-electron chi connectivity index (χ1n) is 6.94. The molecule has 5 heteroatoms. The van der Waals surface area contributed by atoms with E-state index >= 15 is 0 Å². The molecule has 1 saturated heterocycles. The maximum absolute atomic E-state index is 5.70. The molecule has 102 valence electrons. The topological polar surface area (TPSA) is 45.4 Å². The molecule has 0 radical (unpaired) electrons. The Morgan fingerprint density at radius 1 is 1.28 bits per heavy atom. The Morgan fingerprint density at radius 3 is 2.83 bits per heavy atom. The quantitative estimate of drug-likeness (QED) is 0.819. The summed E-state index contributed by atoms with van der Waals surface area (Å²) in [4.78, 5) is 4.55. The zero-order valence-corrected chi connectivity index (χ0v) is 11.7. The fraction of sp³-hybridized carbons (Fsp3) is 0.846. The van der Waals surface area contributed by atoms with Gasteiger partial charge in [0, 0.05) is 25.6 Å². The molecular formula is C13H24N4O. The third kappa shape index (κ3) is 3.22. The Hall–Kier alpha value is -1.10. The number of hydrogen-bond donors (Lipinski definition) is 0. The molecule has 2 rings (SSSR count). The van der Waals surface area contributed by atoms with Gasteiger partial charge in [0.15, 0.2) is 0 Å². The summed E-state index contributed by atoms with van der Waals surface area (Å²) in [6.45, 7) is 4.16. The Labute approximate surface area is 109 Å². The molecule has 1 atom stereocenters. The van der Waals surface area contributed by atoms with Gasteiger partial charge in [0.25, 0.3) is 0 Å². The van der Waals surface area contributed by atoms with Crippen molar-refractivity contribution in [2.75, 3.05) is 32.1 Å². The lowest BCUT2D eigenvalue weighted by Crippen LogP contribution is -2.30. The summed E-state index contributed by atoms with van der Waals surface area (Å²) in [5.74, 6) is 0.765. The fourth-order valence-electron chi connectivity index (χ4n) is 2.47.